The van der Waals surface area contributed by atoms with E-state index in [2.05, 4.69) is 15.5 Å². The average molecular weight is 380 g/mol. The topological polar surface area (TPSA) is 81.8 Å². The van der Waals surface area contributed by atoms with Crippen molar-refractivity contribution in [1.29, 1.82) is 0 Å². The lowest BCUT2D eigenvalue weighted by Gasteiger charge is -2.36. The summed E-state index contributed by atoms with van der Waals surface area (Å²) in [6.45, 7) is 5.61. The second kappa shape index (κ2) is 8.56. The van der Waals surface area contributed by atoms with Crippen LogP contribution in [0.3, 0.4) is 0 Å². The fraction of sp³-hybridized carbons (Fsp3) is 0.286. The Morgan fingerprint density at radius 3 is 2.11 bits per heavy atom. The molecule has 2 aromatic rings. The van der Waals surface area contributed by atoms with E-state index < -0.39 is 0 Å². The highest BCUT2D eigenvalue weighted by Crippen LogP contribution is 2.21. The third-order valence-corrected chi connectivity index (χ3v) is 4.64. The Morgan fingerprint density at radius 1 is 0.821 bits per heavy atom. The number of amides is 3. The molecule has 1 heterocycles. The van der Waals surface area contributed by atoms with E-state index in [1.165, 1.54) is 13.8 Å². The number of Topliss-reactive ketones (excluding diaryl/α,β-unsaturated/α-hetero) is 1. The lowest BCUT2D eigenvalue weighted by Crippen LogP contribution is -2.50. The number of benzene rings is 2. The van der Waals surface area contributed by atoms with Gasteiger partial charge in [0.2, 0.25) is 5.91 Å². The number of nitrogens with zero attached hydrogens (tertiary/aromatic N) is 2. The molecule has 0 spiro atoms. The Hall–Kier alpha value is -3.35. The van der Waals surface area contributed by atoms with Gasteiger partial charge < -0.3 is 20.4 Å². The first-order chi connectivity index (χ1) is 13.4. The van der Waals surface area contributed by atoms with Gasteiger partial charge >= 0.3 is 6.03 Å². The fourth-order valence-electron chi connectivity index (χ4n) is 3.14. The van der Waals surface area contributed by atoms with Gasteiger partial charge in [-0.1, -0.05) is 6.07 Å². The van der Waals surface area contributed by atoms with E-state index in [0.717, 1.165) is 11.4 Å². The van der Waals surface area contributed by atoms with E-state index in [0.29, 0.717) is 37.4 Å². The number of anilines is 3. The molecule has 0 bridgehead atoms. The average Bonchev–Trinajstić information content (AvgIpc) is 2.68. The van der Waals surface area contributed by atoms with E-state index in [1.54, 1.807) is 29.2 Å². The molecule has 3 amide bonds. The van der Waals surface area contributed by atoms with Crippen LogP contribution >= 0.6 is 0 Å². The van der Waals surface area contributed by atoms with Gasteiger partial charge in [0.05, 0.1) is 0 Å². The zero-order chi connectivity index (χ0) is 20.1. The molecule has 0 atom stereocenters. The summed E-state index contributed by atoms with van der Waals surface area (Å²) >= 11 is 0. The predicted octanol–water partition coefficient (Wildman–Crippen LogP) is 3.20. The van der Waals surface area contributed by atoms with Gasteiger partial charge in [0.15, 0.2) is 5.78 Å². The van der Waals surface area contributed by atoms with Gasteiger partial charge in [-0.3, -0.25) is 9.59 Å². The second-order valence-electron chi connectivity index (χ2n) is 6.77. The summed E-state index contributed by atoms with van der Waals surface area (Å²) in [7, 11) is 0. The molecule has 0 saturated carbocycles. The van der Waals surface area contributed by atoms with Crippen molar-refractivity contribution >= 4 is 34.8 Å². The third-order valence-electron chi connectivity index (χ3n) is 4.64. The molecule has 1 fully saturated rings. The maximum Gasteiger partial charge on any atom is 0.321 e. The van der Waals surface area contributed by atoms with Crippen molar-refractivity contribution in [2.24, 2.45) is 0 Å². The van der Waals surface area contributed by atoms with Gasteiger partial charge in [0.1, 0.15) is 0 Å². The summed E-state index contributed by atoms with van der Waals surface area (Å²) in [4.78, 5) is 39.0. The number of nitrogens with one attached hydrogen (secondary N) is 2. The van der Waals surface area contributed by atoms with E-state index in [-0.39, 0.29) is 17.7 Å². The van der Waals surface area contributed by atoms with Crippen molar-refractivity contribution in [3.05, 3.63) is 54.1 Å². The molecule has 146 valence electrons. The van der Waals surface area contributed by atoms with Crippen molar-refractivity contribution < 1.29 is 14.4 Å². The smallest absolute Gasteiger partial charge is 0.321 e. The molecule has 7 heteroatoms. The molecule has 1 aliphatic heterocycles. The SMILES string of the molecule is CC(=O)Nc1cccc(N2CCN(C(=O)Nc3ccc(C(C)=O)cc3)CC2)c1. The predicted molar refractivity (Wildman–Crippen MR) is 110 cm³/mol. The molecular weight excluding hydrogens is 356 g/mol. The number of hydrogen-bond donors (Lipinski definition) is 2. The van der Waals surface area contributed by atoms with Crippen LogP contribution in [0.1, 0.15) is 24.2 Å². The zero-order valence-electron chi connectivity index (χ0n) is 16.1. The first kappa shape index (κ1) is 19.4. The molecule has 1 saturated heterocycles. The minimum Gasteiger partial charge on any atom is -0.368 e. The summed E-state index contributed by atoms with van der Waals surface area (Å²) in [5.41, 5.74) is 3.07. The van der Waals surface area contributed by atoms with Gasteiger partial charge in [-0.2, -0.15) is 0 Å². The number of hydrogen-bond acceptors (Lipinski definition) is 4. The summed E-state index contributed by atoms with van der Waals surface area (Å²) in [5.74, 6) is -0.105. The van der Waals surface area contributed by atoms with Crippen LogP contribution in [0.4, 0.5) is 21.9 Å². The van der Waals surface area contributed by atoms with Crippen LogP contribution in [0, 0.1) is 0 Å². The lowest BCUT2D eigenvalue weighted by molar-refractivity contribution is -0.114. The van der Waals surface area contributed by atoms with Gasteiger partial charge in [-0.25, -0.2) is 4.79 Å². The highest BCUT2D eigenvalue weighted by Gasteiger charge is 2.21. The van der Waals surface area contributed by atoms with Crippen LogP contribution < -0.4 is 15.5 Å². The summed E-state index contributed by atoms with van der Waals surface area (Å²) < 4.78 is 0. The van der Waals surface area contributed by atoms with Crippen molar-refractivity contribution in [2.75, 3.05) is 41.7 Å². The molecule has 28 heavy (non-hydrogen) atoms. The van der Waals surface area contributed by atoms with Crippen LogP contribution in [-0.4, -0.2) is 48.8 Å². The van der Waals surface area contributed by atoms with E-state index in [4.69, 9.17) is 0 Å². The number of carbonyl (C=O) groups is 3. The van der Waals surface area contributed by atoms with Gasteiger partial charge in [0, 0.05) is 55.7 Å². The molecule has 0 radical (unpaired) electrons. The summed E-state index contributed by atoms with van der Waals surface area (Å²) in [5, 5.41) is 5.66. The number of piperazine rings is 1. The van der Waals surface area contributed by atoms with Gasteiger partial charge in [0.25, 0.3) is 0 Å². The molecule has 0 unspecified atom stereocenters. The van der Waals surface area contributed by atoms with Crippen molar-refractivity contribution in [2.45, 2.75) is 13.8 Å². The third kappa shape index (κ3) is 4.88. The van der Waals surface area contributed by atoms with E-state index in [9.17, 15) is 14.4 Å². The van der Waals surface area contributed by atoms with Gasteiger partial charge in [-0.05, 0) is 49.4 Å². The molecule has 2 aromatic carbocycles. The van der Waals surface area contributed by atoms with Crippen molar-refractivity contribution in [3.8, 4) is 0 Å². The number of urea groups is 1. The van der Waals surface area contributed by atoms with Crippen LogP contribution in [0.25, 0.3) is 0 Å². The Morgan fingerprint density at radius 2 is 1.50 bits per heavy atom. The van der Waals surface area contributed by atoms with Crippen molar-refractivity contribution in [3.63, 3.8) is 0 Å². The Labute approximate surface area is 164 Å². The van der Waals surface area contributed by atoms with Crippen molar-refractivity contribution in [1.82, 2.24) is 4.90 Å². The Bertz CT molecular complexity index is 871. The highest BCUT2D eigenvalue weighted by molar-refractivity contribution is 5.95. The molecule has 3 rings (SSSR count). The monoisotopic (exact) mass is 380 g/mol. The molecule has 0 aromatic heterocycles. The molecule has 7 nitrogen and oxygen atoms in total. The fourth-order valence-corrected chi connectivity index (χ4v) is 3.14. The lowest BCUT2D eigenvalue weighted by atomic mass is 10.1. The minimum atomic E-state index is -0.151. The summed E-state index contributed by atoms with van der Waals surface area (Å²) in [6, 6.07) is 14.4. The Balaban J connectivity index is 1.55. The maximum absolute atomic E-state index is 12.5. The van der Waals surface area contributed by atoms with E-state index in [1.807, 2.05) is 24.3 Å². The maximum atomic E-state index is 12.5. The first-order valence-corrected chi connectivity index (χ1v) is 9.22. The van der Waals surface area contributed by atoms with Gasteiger partial charge in [-0.15, -0.1) is 0 Å². The standard InChI is InChI=1S/C21H24N4O3/c1-15(26)17-6-8-18(9-7-17)23-21(28)25-12-10-24(11-13-25)20-5-3-4-19(14-20)22-16(2)27/h3-9,14H,10-13H2,1-2H3,(H,22,27)(H,23,28). The zero-order valence-corrected chi connectivity index (χ0v) is 16.1. The first-order valence-electron chi connectivity index (χ1n) is 9.22. The van der Waals surface area contributed by atoms with Crippen LogP contribution in [0.5, 0.6) is 0 Å². The molecule has 1 aliphatic rings. The molecular formula is C21H24N4O3. The van der Waals surface area contributed by atoms with Crippen LogP contribution in [0.2, 0.25) is 0 Å². The number of ketones is 1. The normalized spacial score (nSPS) is 13.8. The molecule has 2 N–H and O–H groups in total. The highest BCUT2D eigenvalue weighted by atomic mass is 16.2. The van der Waals surface area contributed by atoms with E-state index >= 15 is 0 Å². The largest absolute Gasteiger partial charge is 0.368 e. The number of rotatable bonds is 4. The number of carbonyl (C=O) groups excluding carboxylic acids is 3. The van der Waals surface area contributed by atoms with Crippen LogP contribution in [-0.2, 0) is 4.79 Å². The minimum absolute atomic E-state index is 0.00318. The quantitative estimate of drug-likeness (QED) is 0.798. The summed E-state index contributed by atoms with van der Waals surface area (Å²) in [6.07, 6.45) is 0. The van der Waals surface area contributed by atoms with Crippen LogP contribution in [0.15, 0.2) is 48.5 Å². The second-order valence-corrected chi connectivity index (χ2v) is 6.77. The molecule has 0 aliphatic carbocycles. The Kier molecular flexibility index (Phi) is 5.93.